The SMILES string of the molecule is Cn1ncnc1COc1ccc(C#CCCO)c(F)c1. The third-order valence-electron chi connectivity index (χ3n) is 2.57. The fraction of sp³-hybridized carbons (Fsp3) is 0.286. The zero-order chi connectivity index (χ0) is 14.4. The first-order chi connectivity index (χ1) is 9.70. The number of aryl methyl sites for hydroxylation is 1. The molecule has 0 amide bonds. The quantitative estimate of drug-likeness (QED) is 0.854. The maximum atomic E-state index is 13.7. The molecule has 0 saturated carbocycles. The molecule has 0 bridgehead atoms. The fourth-order valence-electron chi connectivity index (χ4n) is 1.50. The molecule has 0 aliphatic rings. The minimum Gasteiger partial charge on any atom is -0.486 e. The molecule has 0 aliphatic carbocycles. The Hall–Kier alpha value is -2.39. The molecule has 104 valence electrons. The minimum atomic E-state index is -0.453. The predicted molar refractivity (Wildman–Crippen MR) is 70.3 cm³/mol. The number of ether oxygens (including phenoxy) is 1. The van der Waals surface area contributed by atoms with Gasteiger partial charge in [-0.2, -0.15) is 5.10 Å². The Bertz CT molecular complexity index is 643. The molecule has 6 heteroatoms. The molecule has 0 unspecified atom stereocenters. The van der Waals surface area contributed by atoms with Crippen molar-refractivity contribution in [2.24, 2.45) is 7.05 Å². The summed E-state index contributed by atoms with van der Waals surface area (Å²) in [5, 5.41) is 12.5. The van der Waals surface area contributed by atoms with E-state index in [0.29, 0.717) is 18.0 Å². The Labute approximate surface area is 116 Å². The molecule has 0 radical (unpaired) electrons. The molecule has 0 atom stereocenters. The molecule has 1 aromatic carbocycles. The van der Waals surface area contributed by atoms with Gasteiger partial charge < -0.3 is 9.84 Å². The summed E-state index contributed by atoms with van der Waals surface area (Å²) in [4.78, 5) is 4.01. The van der Waals surface area contributed by atoms with Crippen molar-refractivity contribution < 1.29 is 14.2 Å². The minimum absolute atomic E-state index is 0.0342. The van der Waals surface area contributed by atoms with E-state index in [0.717, 1.165) is 0 Å². The van der Waals surface area contributed by atoms with Crippen molar-refractivity contribution in [3.63, 3.8) is 0 Å². The van der Waals surface area contributed by atoms with Crippen LogP contribution in [0.15, 0.2) is 24.5 Å². The van der Waals surface area contributed by atoms with Crippen LogP contribution < -0.4 is 4.74 Å². The first-order valence-corrected chi connectivity index (χ1v) is 6.05. The lowest BCUT2D eigenvalue weighted by molar-refractivity contribution is 0.288. The molecule has 1 N–H and O–H groups in total. The van der Waals surface area contributed by atoms with Crippen LogP contribution in [-0.2, 0) is 13.7 Å². The summed E-state index contributed by atoms with van der Waals surface area (Å²) >= 11 is 0. The second-order valence-electron chi connectivity index (χ2n) is 4.01. The van der Waals surface area contributed by atoms with E-state index in [2.05, 4.69) is 21.9 Å². The van der Waals surface area contributed by atoms with Gasteiger partial charge in [-0.1, -0.05) is 11.8 Å². The molecule has 20 heavy (non-hydrogen) atoms. The van der Waals surface area contributed by atoms with Crippen LogP contribution in [0.2, 0.25) is 0 Å². The van der Waals surface area contributed by atoms with Crippen molar-refractivity contribution in [2.45, 2.75) is 13.0 Å². The zero-order valence-electron chi connectivity index (χ0n) is 11.0. The maximum absolute atomic E-state index is 13.7. The maximum Gasteiger partial charge on any atom is 0.164 e. The average Bonchev–Trinajstić information content (AvgIpc) is 2.84. The van der Waals surface area contributed by atoms with Crippen molar-refractivity contribution in [1.29, 1.82) is 0 Å². The summed E-state index contributed by atoms with van der Waals surface area (Å²) in [5.41, 5.74) is 0.282. The highest BCUT2D eigenvalue weighted by Crippen LogP contribution is 2.17. The summed E-state index contributed by atoms with van der Waals surface area (Å²) in [6.07, 6.45) is 1.75. The largest absolute Gasteiger partial charge is 0.486 e. The number of hydrogen-bond donors (Lipinski definition) is 1. The normalized spacial score (nSPS) is 9.95. The van der Waals surface area contributed by atoms with E-state index in [1.807, 2.05) is 0 Å². The van der Waals surface area contributed by atoms with E-state index < -0.39 is 5.82 Å². The molecular weight excluding hydrogens is 261 g/mol. The van der Waals surface area contributed by atoms with Gasteiger partial charge in [0, 0.05) is 19.5 Å². The van der Waals surface area contributed by atoms with E-state index >= 15 is 0 Å². The third kappa shape index (κ3) is 3.56. The second kappa shape index (κ2) is 6.68. The number of aliphatic hydroxyl groups is 1. The number of aliphatic hydroxyl groups excluding tert-OH is 1. The van der Waals surface area contributed by atoms with Gasteiger partial charge in [0.25, 0.3) is 0 Å². The summed E-state index contributed by atoms with van der Waals surface area (Å²) < 4.78 is 20.8. The predicted octanol–water partition coefficient (Wildman–Crippen LogP) is 1.27. The van der Waals surface area contributed by atoms with Gasteiger partial charge in [0.1, 0.15) is 24.5 Å². The molecule has 0 aliphatic heterocycles. The molecule has 2 rings (SSSR count). The van der Waals surface area contributed by atoms with Crippen LogP contribution in [0.25, 0.3) is 0 Å². The van der Waals surface area contributed by atoms with Gasteiger partial charge in [0.05, 0.1) is 12.2 Å². The highest BCUT2D eigenvalue weighted by molar-refractivity contribution is 5.39. The highest BCUT2D eigenvalue weighted by atomic mass is 19.1. The first kappa shape index (κ1) is 14.0. The van der Waals surface area contributed by atoms with Gasteiger partial charge >= 0.3 is 0 Å². The van der Waals surface area contributed by atoms with Crippen LogP contribution in [-0.4, -0.2) is 26.5 Å². The van der Waals surface area contributed by atoms with Crippen molar-refractivity contribution >= 4 is 0 Å². The van der Waals surface area contributed by atoms with Crippen molar-refractivity contribution in [3.05, 3.63) is 41.7 Å². The molecule has 5 nitrogen and oxygen atoms in total. The molecule has 0 fully saturated rings. The Balaban J connectivity index is 2.02. The van der Waals surface area contributed by atoms with Crippen LogP contribution >= 0.6 is 0 Å². The first-order valence-electron chi connectivity index (χ1n) is 6.05. The monoisotopic (exact) mass is 275 g/mol. The fourth-order valence-corrected chi connectivity index (χ4v) is 1.50. The molecule has 1 heterocycles. The zero-order valence-corrected chi connectivity index (χ0v) is 11.0. The van der Waals surface area contributed by atoms with Crippen LogP contribution in [0, 0.1) is 17.7 Å². The number of hydrogen-bond acceptors (Lipinski definition) is 4. The molecule has 0 spiro atoms. The lowest BCUT2D eigenvalue weighted by Crippen LogP contribution is -2.04. The standard InChI is InChI=1S/C14H14FN3O2/c1-18-14(16-10-17-18)9-20-12-6-5-11(13(15)8-12)4-2-3-7-19/h5-6,8,10,19H,3,7,9H2,1H3. The van der Waals surface area contributed by atoms with E-state index in [1.54, 1.807) is 23.9 Å². The summed E-state index contributed by atoms with van der Waals surface area (Å²) in [5.74, 6) is 5.92. The molecule has 0 saturated heterocycles. The lowest BCUT2D eigenvalue weighted by Gasteiger charge is -2.06. The van der Waals surface area contributed by atoms with Gasteiger partial charge in [-0.25, -0.2) is 9.37 Å². The van der Waals surface area contributed by atoms with Crippen LogP contribution in [0.5, 0.6) is 5.75 Å². The van der Waals surface area contributed by atoms with Gasteiger partial charge in [-0.05, 0) is 12.1 Å². The average molecular weight is 275 g/mol. The summed E-state index contributed by atoms with van der Waals surface area (Å²) in [6.45, 7) is 0.180. The molecule has 1 aromatic heterocycles. The van der Waals surface area contributed by atoms with Gasteiger partial charge in [0.15, 0.2) is 5.82 Å². The number of aromatic nitrogens is 3. The van der Waals surface area contributed by atoms with Crippen LogP contribution in [0.4, 0.5) is 4.39 Å². The van der Waals surface area contributed by atoms with Crippen molar-refractivity contribution in [1.82, 2.24) is 14.8 Å². The third-order valence-corrected chi connectivity index (χ3v) is 2.57. The van der Waals surface area contributed by atoms with Gasteiger partial charge in [-0.3, -0.25) is 4.68 Å². The summed E-state index contributed by atoms with van der Waals surface area (Å²) in [6, 6.07) is 4.47. The smallest absolute Gasteiger partial charge is 0.164 e. The Morgan fingerprint density at radius 2 is 2.30 bits per heavy atom. The van der Waals surface area contributed by atoms with E-state index in [-0.39, 0.29) is 18.8 Å². The van der Waals surface area contributed by atoms with Crippen LogP contribution in [0.3, 0.4) is 0 Å². The molecular formula is C14H14FN3O2. The Kier molecular flexibility index (Phi) is 4.69. The number of halogens is 1. The Morgan fingerprint density at radius 1 is 1.45 bits per heavy atom. The number of benzene rings is 1. The van der Waals surface area contributed by atoms with Crippen molar-refractivity contribution in [3.8, 4) is 17.6 Å². The Morgan fingerprint density at radius 3 is 2.95 bits per heavy atom. The van der Waals surface area contributed by atoms with E-state index in [1.165, 1.54) is 12.4 Å². The highest BCUT2D eigenvalue weighted by Gasteiger charge is 2.05. The second-order valence-corrected chi connectivity index (χ2v) is 4.01. The lowest BCUT2D eigenvalue weighted by atomic mass is 10.2. The topological polar surface area (TPSA) is 60.2 Å². The van der Waals surface area contributed by atoms with E-state index in [9.17, 15) is 4.39 Å². The van der Waals surface area contributed by atoms with Gasteiger partial charge in [-0.15, -0.1) is 0 Å². The van der Waals surface area contributed by atoms with E-state index in [4.69, 9.17) is 9.84 Å². The number of rotatable bonds is 4. The van der Waals surface area contributed by atoms with Crippen LogP contribution in [0.1, 0.15) is 17.8 Å². The number of nitrogens with zero attached hydrogens (tertiary/aromatic N) is 3. The van der Waals surface area contributed by atoms with Gasteiger partial charge in [0.2, 0.25) is 0 Å². The molecule has 2 aromatic rings. The summed E-state index contributed by atoms with van der Waals surface area (Å²) in [7, 11) is 1.76. The van der Waals surface area contributed by atoms with Crippen molar-refractivity contribution in [2.75, 3.05) is 6.61 Å².